The van der Waals surface area contributed by atoms with Crippen LogP contribution in [0, 0.1) is 6.92 Å². The molecule has 20 heavy (non-hydrogen) atoms. The molecule has 0 aromatic heterocycles. The van der Waals surface area contributed by atoms with Crippen molar-refractivity contribution in [3.05, 3.63) is 34.4 Å². The average Bonchev–Trinajstić information content (AvgIpc) is 2.28. The highest BCUT2D eigenvalue weighted by molar-refractivity contribution is 5.43. The van der Waals surface area contributed by atoms with E-state index in [9.17, 15) is 0 Å². The fourth-order valence-corrected chi connectivity index (χ4v) is 2.38. The van der Waals surface area contributed by atoms with Gasteiger partial charge in [0.05, 0.1) is 19.8 Å². The Balaban J connectivity index is 3.28. The van der Waals surface area contributed by atoms with E-state index in [1.54, 1.807) is 0 Å². The first-order chi connectivity index (χ1) is 9.07. The molecule has 0 unspecified atom stereocenters. The first-order valence-electron chi connectivity index (χ1n) is 7.40. The van der Waals surface area contributed by atoms with Gasteiger partial charge < -0.3 is 9.84 Å². The molecule has 2 nitrogen and oxygen atoms in total. The molecule has 1 aromatic carbocycles. The maximum Gasteiger partial charge on any atom is 0.0720 e. The minimum atomic E-state index is 0.0735. The van der Waals surface area contributed by atoms with Crippen LogP contribution >= 0.6 is 0 Å². The van der Waals surface area contributed by atoms with Crippen molar-refractivity contribution < 1.29 is 9.84 Å². The van der Waals surface area contributed by atoms with E-state index >= 15 is 0 Å². The molecule has 1 aromatic rings. The Hall–Kier alpha value is -0.860. The number of aliphatic hydroxyl groups is 1. The molecule has 0 heterocycles. The highest BCUT2D eigenvalue weighted by atomic mass is 16.5. The number of ether oxygens (including phenoxy) is 1. The molecule has 0 spiro atoms. The number of rotatable bonds is 4. The molecule has 0 amide bonds. The summed E-state index contributed by atoms with van der Waals surface area (Å²) in [5, 5.41) is 8.86. The van der Waals surface area contributed by atoms with Gasteiger partial charge in [0.2, 0.25) is 0 Å². The largest absolute Gasteiger partial charge is 0.394 e. The third kappa shape index (κ3) is 4.32. The van der Waals surface area contributed by atoms with E-state index < -0.39 is 0 Å². The zero-order valence-electron chi connectivity index (χ0n) is 14.1. The third-order valence-corrected chi connectivity index (χ3v) is 3.68. The Labute approximate surface area is 124 Å². The fraction of sp³-hybridized carbons (Fsp3) is 0.667. The van der Waals surface area contributed by atoms with Crippen molar-refractivity contribution in [2.45, 2.75) is 65.9 Å². The van der Waals surface area contributed by atoms with Crippen molar-refractivity contribution in [3.8, 4) is 0 Å². The van der Waals surface area contributed by atoms with Gasteiger partial charge in [-0.05, 0) is 40.0 Å². The quantitative estimate of drug-likeness (QED) is 0.840. The fourth-order valence-electron chi connectivity index (χ4n) is 2.38. The highest BCUT2D eigenvalue weighted by Gasteiger charge is 2.23. The summed E-state index contributed by atoms with van der Waals surface area (Å²) in [6.45, 7) is 16.7. The standard InChI is InChI=1S/C18H30O2/c1-13-14(12-20-9-8-19)10-15(17(2,3)4)11-16(13)18(5,6)7/h10-11,19H,8-9,12H2,1-7H3. The minimum Gasteiger partial charge on any atom is -0.394 e. The third-order valence-electron chi connectivity index (χ3n) is 3.68. The summed E-state index contributed by atoms with van der Waals surface area (Å²) >= 11 is 0. The maximum absolute atomic E-state index is 8.86. The summed E-state index contributed by atoms with van der Waals surface area (Å²) in [4.78, 5) is 0. The second-order valence-corrected chi connectivity index (χ2v) is 7.58. The molecule has 0 aliphatic carbocycles. The first kappa shape index (κ1) is 17.2. The molecule has 2 heteroatoms. The normalized spacial score (nSPS) is 12.8. The van der Waals surface area contributed by atoms with Crippen molar-refractivity contribution >= 4 is 0 Å². The average molecular weight is 278 g/mol. The first-order valence-corrected chi connectivity index (χ1v) is 7.40. The lowest BCUT2D eigenvalue weighted by Crippen LogP contribution is -2.19. The van der Waals surface area contributed by atoms with E-state index in [4.69, 9.17) is 9.84 Å². The maximum atomic E-state index is 8.86. The van der Waals surface area contributed by atoms with E-state index in [1.807, 2.05) is 0 Å². The Morgan fingerprint density at radius 3 is 2.05 bits per heavy atom. The van der Waals surface area contributed by atoms with Gasteiger partial charge in [-0.2, -0.15) is 0 Å². The zero-order valence-corrected chi connectivity index (χ0v) is 14.1. The van der Waals surface area contributed by atoms with Crippen molar-refractivity contribution in [2.75, 3.05) is 13.2 Å². The molecule has 0 atom stereocenters. The van der Waals surface area contributed by atoms with Crippen molar-refractivity contribution in [2.24, 2.45) is 0 Å². The SMILES string of the molecule is Cc1c(COCCO)cc(C(C)(C)C)cc1C(C)(C)C. The van der Waals surface area contributed by atoms with Gasteiger partial charge in [-0.15, -0.1) is 0 Å². The number of aliphatic hydroxyl groups excluding tert-OH is 1. The highest BCUT2D eigenvalue weighted by Crippen LogP contribution is 2.33. The van der Waals surface area contributed by atoms with Crippen molar-refractivity contribution in [1.82, 2.24) is 0 Å². The van der Waals surface area contributed by atoms with Crippen LogP contribution in [0.25, 0.3) is 0 Å². The van der Waals surface area contributed by atoms with Crippen LogP contribution in [0.1, 0.15) is 63.8 Å². The minimum absolute atomic E-state index is 0.0735. The molecule has 114 valence electrons. The zero-order chi connectivity index (χ0) is 15.6. The molecular formula is C18H30O2. The Bertz CT molecular complexity index is 448. The van der Waals surface area contributed by atoms with E-state index in [0.717, 1.165) is 0 Å². The topological polar surface area (TPSA) is 29.5 Å². The van der Waals surface area contributed by atoms with Gasteiger partial charge in [0.1, 0.15) is 0 Å². The van der Waals surface area contributed by atoms with Gasteiger partial charge in [0.25, 0.3) is 0 Å². The smallest absolute Gasteiger partial charge is 0.0720 e. The summed E-state index contributed by atoms with van der Waals surface area (Å²) < 4.78 is 5.54. The Morgan fingerprint density at radius 2 is 1.60 bits per heavy atom. The predicted molar refractivity (Wildman–Crippen MR) is 85.3 cm³/mol. The molecule has 1 N–H and O–H groups in total. The molecule has 0 radical (unpaired) electrons. The van der Waals surface area contributed by atoms with Crippen molar-refractivity contribution in [3.63, 3.8) is 0 Å². The molecular weight excluding hydrogens is 248 g/mol. The second-order valence-electron chi connectivity index (χ2n) is 7.58. The van der Waals surface area contributed by atoms with Crippen LogP contribution in [-0.2, 0) is 22.2 Å². The second kappa shape index (κ2) is 6.28. The lowest BCUT2D eigenvalue weighted by Gasteiger charge is -2.28. The molecule has 0 saturated carbocycles. The van der Waals surface area contributed by atoms with Gasteiger partial charge in [-0.3, -0.25) is 0 Å². The summed E-state index contributed by atoms with van der Waals surface area (Å²) in [5.41, 5.74) is 5.51. The van der Waals surface area contributed by atoms with E-state index in [0.29, 0.717) is 13.2 Å². The molecule has 0 fully saturated rings. The molecule has 1 rings (SSSR count). The van der Waals surface area contributed by atoms with Gasteiger partial charge >= 0.3 is 0 Å². The van der Waals surface area contributed by atoms with Crippen LogP contribution in [0.2, 0.25) is 0 Å². The van der Waals surface area contributed by atoms with E-state index in [2.05, 4.69) is 60.6 Å². The van der Waals surface area contributed by atoms with Crippen LogP contribution in [0.4, 0.5) is 0 Å². The molecule has 0 saturated heterocycles. The van der Waals surface area contributed by atoms with Crippen LogP contribution in [0.15, 0.2) is 12.1 Å². The van der Waals surface area contributed by atoms with E-state index in [-0.39, 0.29) is 17.4 Å². The summed E-state index contributed by atoms with van der Waals surface area (Å²) in [5.74, 6) is 0. The van der Waals surface area contributed by atoms with E-state index in [1.165, 1.54) is 22.3 Å². The van der Waals surface area contributed by atoms with Crippen LogP contribution in [0.5, 0.6) is 0 Å². The molecule has 0 aliphatic heterocycles. The van der Waals surface area contributed by atoms with Gasteiger partial charge in [0, 0.05) is 0 Å². The van der Waals surface area contributed by atoms with Crippen LogP contribution < -0.4 is 0 Å². The predicted octanol–water partition coefficient (Wildman–Crippen LogP) is 4.10. The lowest BCUT2D eigenvalue weighted by molar-refractivity contribution is 0.0811. The number of hydrogen-bond donors (Lipinski definition) is 1. The molecule has 0 bridgehead atoms. The summed E-state index contributed by atoms with van der Waals surface area (Å²) in [6, 6.07) is 4.59. The Morgan fingerprint density at radius 1 is 1.00 bits per heavy atom. The van der Waals surface area contributed by atoms with Crippen LogP contribution in [-0.4, -0.2) is 18.3 Å². The Kier molecular flexibility index (Phi) is 5.39. The molecule has 0 aliphatic rings. The van der Waals surface area contributed by atoms with Gasteiger partial charge in [-0.25, -0.2) is 0 Å². The van der Waals surface area contributed by atoms with Crippen molar-refractivity contribution in [1.29, 1.82) is 0 Å². The lowest BCUT2D eigenvalue weighted by atomic mass is 9.77. The number of hydrogen-bond acceptors (Lipinski definition) is 2. The van der Waals surface area contributed by atoms with Crippen LogP contribution in [0.3, 0.4) is 0 Å². The summed E-state index contributed by atoms with van der Waals surface area (Å²) in [7, 11) is 0. The van der Waals surface area contributed by atoms with Gasteiger partial charge in [0.15, 0.2) is 0 Å². The van der Waals surface area contributed by atoms with Gasteiger partial charge in [-0.1, -0.05) is 53.7 Å². The summed E-state index contributed by atoms with van der Waals surface area (Å²) in [6.07, 6.45) is 0. The monoisotopic (exact) mass is 278 g/mol. The number of benzene rings is 1.